The van der Waals surface area contributed by atoms with Crippen LogP contribution in [0.25, 0.3) is 0 Å². The predicted molar refractivity (Wildman–Crippen MR) is 88.4 cm³/mol. The third-order valence-corrected chi connectivity index (χ3v) is 5.30. The van der Waals surface area contributed by atoms with Gasteiger partial charge in [0.1, 0.15) is 11.9 Å². The molecule has 1 aliphatic heterocycles. The molecule has 0 N–H and O–H groups in total. The van der Waals surface area contributed by atoms with Crippen molar-refractivity contribution in [3.05, 3.63) is 29.8 Å². The minimum absolute atomic E-state index is 0.0540. The molecule has 1 saturated carbocycles. The van der Waals surface area contributed by atoms with Crippen LogP contribution in [0, 0.1) is 11.8 Å². The number of hydrogen-bond acceptors (Lipinski definition) is 6. The van der Waals surface area contributed by atoms with Gasteiger partial charge in [0.05, 0.1) is 26.1 Å². The fourth-order valence-corrected chi connectivity index (χ4v) is 3.97. The average Bonchev–Trinajstić information content (AvgIpc) is 3.11. The molecular weight excluding hydrogens is 332 g/mol. The predicted octanol–water partition coefficient (Wildman–Crippen LogP) is 2.15. The van der Waals surface area contributed by atoms with Crippen LogP contribution in [0.15, 0.2) is 24.3 Å². The van der Waals surface area contributed by atoms with Crippen LogP contribution in [-0.4, -0.2) is 47.7 Å². The van der Waals surface area contributed by atoms with Crippen LogP contribution in [0.1, 0.15) is 24.5 Å². The van der Waals surface area contributed by atoms with E-state index in [2.05, 4.69) is 0 Å². The van der Waals surface area contributed by atoms with E-state index in [0.29, 0.717) is 17.6 Å². The zero-order valence-corrected chi connectivity index (χ0v) is 14.8. The molecule has 6 nitrogen and oxygen atoms in total. The Balaban J connectivity index is 1.74. The van der Waals surface area contributed by atoms with E-state index < -0.39 is 16.2 Å². The SMILES string of the molecule is COc1ccccc1[C@H](COS(C)(=O)=O)OC1C[C@H]2COC[C@H]2C1. The lowest BCUT2D eigenvalue weighted by Crippen LogP contribution is -2.21. The van der Waals surface area contributed by atoms with Gasteiger partial charge in [-0.25, -0.2) is 0 Å². The van der Waals surface area contributed by atoms with Gasteiger partial charge in [0.15, 0.2) is 0 Å². The molecule has 1 heterocycles. The molecule has 1 saturated heterocycles. The molecular formula is C17H24O6S. The number of methoxy groups -OCH3 is 1. The van der Waals surface area contributed by atoms with Gasteiger partial charge in [-0.2, -0.15) is 8.42 Å². The Labute approximate surface area is 143 Å². The van der Waals surface area contributed by atoms with Crippen LogP contribution in [0.3, 0.4) is 0 Å². The first-order chi connectivity index (χ1) is 11.5. The second kappa shape index (κ2) is 7.39. The van der Waals surface area contributed by atoms with Crippen LogP contribution in [0.5, 0.6) is 5.75 Å². The number of hydrogen-bond donors (Lipinski definition) is 0. The normalized spacial score (nSPS) is 27.8. The molecule has 1 aromatic rings. The molecule has 1 aromatic carbocycles. The first-order valence-electron chi connectivity index (χ1n) is 8.17. The summed E-state index contributed by atoms with van der Waals surface area (Å²) in [4.78, 5) is 0. The van der Waals surface area contributed by atoms with Gasteiger partial charge in [-0.3, -0.25) is 4.18 Å². The lowest BCUT2D eigenvalue weighted by molar-refractivity contribution is -0.0390. The molecule has 7 heteroatoms. The molecule has 3 rings (SSSR count). The summed E-state index contributed by atoms with van der Waals surface area (Å²) in [5, 5.41) is 0. The summed E-state index contributed by atoms with van der Waals surface area (Å²) in [6.45, 7) is 1.54. The molecule has 0 amide bonds. The number of para-hydroxylation sites is 1. The Bertz CT molecular complexity index is 647. The number of fused-ring (bicyclic) bond motifs is 1. The largest absolute Gasteiger partial charge is 0.496 e. The summed E-state index contributed by atoms with van der Waals surface area (Å²) in [5.74, 6) is 1.76. The number of ether oxygens (including phenoxy) is 3. The zero-order chi connectivity index (χ0) is 17.2. The summed E-state index contributed by atoms with van der Waals surface area (Å²) >= 11 is 0. The zero-order valence-electron chi connectivity index (χ0n) is 14.0. The van der Waals surface area contributed by atoms with Crippen molar-refractivity contribution >= 4 is 10.1 Å². The van der Waals surface area contributed by atoms with Crippen LogP contribution >= 0.6 is 0 Å². The fourth-order valence-electron chi connectivity index (χ4n) is 3.60. The second-order valence-corrected chi connectivity index (χ2v) is 8.15. The van der Waals surface area contributed by atoms with E-state index in [1.807, 2.05) is 24.3 Å². The Morgan fingerprint density at radius 2 is 1.88 bits per heavy atom. The molecule has 2 aliphatic rings. The van der Waals surface area contributed by atoms with E-state index in [0.717, 1.165) is 37.9 Å². The smallest absolute Gasteiger partial charge is 0.264 e. The number of benzene rings is 1. The van der Waals surface area contributed by atoms with E-state index in [-0.39, 0.29) is 12.7 Å². The maximum absolute atomic E-state index is 11.4. The molecule has 0 aromatic heterocycles. The van der Waals surface area contributed by atoms with Crippen molar-refractivity contribution in [1.82, 2.24) is 0 Å². The van der Waals surface area contributed by atoms with Crippen molar-refractivity contribution in [2.45, 2.75) is 25.0 Å². The number of rotatable bonds is 7. The minimum Gasteiger partial charge on any atom is -0.496 e. The van der Waals surface area contributed by atoms with Crippen molar-refractivity contribution in [3.8, 4) is 5.75 Å². The summed E-state index contributed by atoms with van der Waals surface area (Å²) in [6.07, 6.45) is 2.52. The Morgan fingerprint density at radius 3 is 2.50 bits per heavy atom. The molecule has 1 aliphatic carbocycles. The first-order valence-corrected chi connectivity index (χ1v) is 9.98. The van der Waals surface area contributed by atoms with Crippen LogP contribution < -0.4 is 4.74 Å². The van der Waals surface area contributed by atoms with Gasteiger partial charge in [0.2, 0.25) is 0 Å². The highest BCUT2D eigenvalue weighted by Gasteiger charge is 2.40. The maximum Gasteiger partial charge on any atom is 0.264 e. The Kier molecular flexibility index (Phi) is 5.44. The van der Waals surface area contributed by atoms with Gasteiger partial charge in [-0.1, -0.05) is 18.2 Å². The van der Waals surface area contributed by atoms with Crippen molar-refractivity contribution in [3.63, 3.8) is 0 Å². The Morgan fingerprint density at radius 1 is 1.21 bits per heavy atom. The molecule has 4 atom stereocenters. The minimum atomic E-state index is -3.54. The quantitative estimate of drug-likeness (QED) is 0.697. The van der Waals surface area contributed by atoms with Crippen LogP contribution in [0.2, 0.25) is 0 Å². The highest BCUT2D eigenvalue weighted by Crippen LogP contribution is 2.40. The monoisotopic (exact) mass is 356 g/mol. The summed E-state index contributed by atoms with van der Waals surface area (Å²) in [7, 11) is -1.95. The van der Waals surface area contributed by atoms with E-state index in [4.69, 9.17) is 18.4 Å². The molecule has 0 bridgehead atoms. The third-order valence-electron chi connectivity index (χ3n) is 4.74. The molecule has 0 spiro atoms. The van der Waals surface area contributed by atoms with Crippen molar-refractivity contribution < 1.29 is 26.8 Å². The standard InChI is InChI=1S/C17H24O6S/c1-20-16-6-4-3-5-15(16)17(11-22-24(2,18)19)23-14-7-12-9-21-10-13(12)8-14/h3-6,12-14,17H,7-11H2,1-2H3/t12-,13+,14?,17-/m0/s1. The maximum atomic E-state index is 11.4. The van der Waals surface area contributed by atoms with E-state index >= 15 is 0 Å². The molecule has 24 heavy (non-hydrogen) atoms. The van der Waals surface area contributed by atoms with Gasteiger partial charge in [0, 0.05) is 18.8 Å². The summed E-state index contributed by atoms with van der Waals surface area (Å²) < 4.78 is 44.9. The van der Waals surface area contributed by atoms with Gasteiger partial charge in [0.25, 0.3) is 10.1 Å². The lowest BCUT2D eigenvalue weighted by Gasteiger charge is -2.24. The summed E-state index contributed by atoms with van der Waals surface area (Å²) in [5.41, 5.74) is 0.803. The van der Waals surface area contributed by atoms with Crippen molar-refractivity contribution in [1.29, 1.82) is 0 Å². The summed E-state index contributed by atoms with van der Waals surface area (Å²) in [6, 6.07) is 7.47. The van der Waals surface area contributed by atoms with Crippen molar-refractivity contribution in [2.24, 2.45) is 11.8 Å². The molecule has 2 fully saturated rings. The molecule has 0 radical (unpaired) electrons. The van der Waals surface area contributed by atoms with Crippen LogP contribution in [0.4, 0.5) is 0 Å². The lowest BCUT2D eigenvalue weighted by atomic mass is 10.0. The molecule has 1 unspecified atom stereocenters. The van der Waals surface area contributed by atoms with E-state index in [1.165, 1.54) is 0 Å². The van der Waals surface area contributed by atoms with Gasteiger partial charge < -0.3 is 14.2 Å². The van der Waals surface area contributed by atoms with E-state index in [1.54, 1.807) is 7.11 Å². The third kappa shape index (κ3) is 4.27. The topological polar surface area (TPSA) is 71.1 Å². The van der Waals surface area contributed by atoms with E-state index in [9.17, 15) is 8.42 Å². The van der Waals surface area contributed by atoms with Gasteiger partial charge in [-0.05, 0) is 30.7 Å². The van der Waals surface area contributed by atoms with Gasteiger partial charge >= 0.3 is 0 Å². The highest BCUT2D eigenvalue weighted by molar-refractivity contribution is 7.85. The van der Waals surface area contributed by atoms with Crippen LogP contribution in [-0.2, 0) is 23.8 Å². The molecule has 134 valence electrons. The fraction of sp³-hybridized carbons (Fsp3) is 0.647. The highest BCUT2D eigenvalue weighted by atomic mass is 32.2. The average molecular weight is 356 g/mol. The second-order valence-electron chi connectivity index (χ2n) is 6.51. The van der Waals surface area contributed by atoms with Crippen molar-refractivity contribution in [2.75, 3.05) is 33.2 Å². The van der Waals surface area contributed by atoms with Gasteiger partial charge in [-0.15, -0.1) is 0 Å². The first kappa shape index (κ1) is 17.7. The Hall–Kier alpha value is -1.15.